The van der Waals surface area contributed by atoms with Crippen LogP contribution in [0.15, 0.2) is 29.6 Å². The van der Waals surface area contributed by atoms with E-state index in [0.29, 0.717) is 18.5 Å². The van der Waals surface area contributed by atoms with Crippen LogP contribution in [-0.4, -0.2) is 123 Å². The summed E-state index contributed by atoms with van der Waals surface area (Å²) < 4.78 is 10.9. The summed E-state index contributed by atoms with van der Waals surface area (Å²) in [6, 6.07) is 5.78. The van der Waals surface area contributed by atoms with Gasteiger partial charge in [0.15, 0.2) is 10.9 Å². The standard InChI is InChI=1S/C31H44N6O5S/c1-6-31(2,3)27(29(40)37-17-22(32-4)26-25(37)24(38)18-42-26)34-28(39)21-9-7-20(8-10-21)23-19-43-30(33-23)36-13-11-35(12-14-36)15-16-41-5/h7-10,19,22,25-27,32H,6,11-18H2,1-5H3,(H,34,39)/t22-,25+,26-,27+/m0/s1. The van der Waals surface area contributed by atoms with E-state index >= 15 is 0 Å². The molecule has 0 radical (unpaired) electrons. The molecule has 3 saturated heterocycles. The number of Topliss-reactive ketones (excluding diaryl/α,β-unsaturated/α-hetero) is 1. The molecular formula is C31H44N6O5S. The molecule has 3 fully saturated rings. The average molecular weight is 613 g/mol. The number of ether oxygens (including phenoxy) is 2. The van der Waals surface area contributed by atoms with Crippen LogP contribution < -0.4 is 15.5 Å². The summed E-state index contributed by atoms with van der Waals surface area (Å²) in [5.74, 6) is -0.676. The molecule has 0 aliphatic carbocycles. The van der Waals surface area contributed by atoms with E-state index in [4.69, 9.17) is 14.5 Å². The molecule has 0 spiro atoms. The van der Waals surface area contributed by atoms with Crippen molar-refractivity contribution in [2.45, 2.75) is 51.4 Å². The van der Waals surface area contributed by atoms with Gasteiger partial charge in [0.2, 0.25) is 5.91 Å². The van der Waals surface area contributed by atoms with Gasteiger partial charge in [-0.3, -0.25) is 19.3 Å². The number of benzene rings is 1. The van der Waals surface area contributed by atoms with Crippen molar-refractivity contribution in [3.8, 4) is 11.3 Å². The quantitative estimate of drug-likeness (QED) is 0.393. The van der Waals surface area contributed by atoms with Gasteiger partial charge < -0.3 is 29.9 Å². The van der Waals surface area contributed by atoms with Gasteiger partial charge in [-0.25, -0.2) is 4.98 Å². The largest absolute Gasteiger partial charge is 0.383 e. The number of piperazine rings is 1. The van der Waals surface area contributed by atoms with Crippen molar-refractivity contribution in [2.24, 2.45) is 5.41 Å². The van der Waals surface area contributed by atoms with Gasteiger partial charge in [0, 0.05) is 62.9 Å². The second-order valence-corrected chi connectivity index (χ2v) is 13.1. The number of methoxy groups -OCH3 is 1. The number of thiazole rings is 1. The zero-order chi connectivity index (χ0) is 30.7. The molecule has 2 amide bonds. The Hall–Kier alpha value is -2.90. The fraction of sp³-hybridized carbons (Fsp3) is 0.613. The molecule has 1 aromatic carbocycles. The Morgan fingerprint density at radius 1 is 1.19 bits per heavy atom. The van der Waals surface area contributed by atoms with E-state index in [1.54, 1.807) is 42.5 Å². The maximum absolute atomic E-state index is 14.0. The van der Waals surface area contributed by atoms with Crippen LogP contribution in [0.5, 0.6) is 0 Å². The summed E-state index contributed by atoms with van der Waals surface area (Å²) in [6.07, 6.45) is 0.297. The van der Waals surface area contributed by atoms with E-state index in [1.807, 2.05) is 32.9 Å². The number of carbonyl (C=O) groups excluding carboxylic acids is 3. The molecule has 2 aromatic rings. The van der Waals surface area contributed by atoms with Crippen molar-refractivity contribution in [3.63, 3.8) is 0 Å². The van der Waals surface area contributed by atoms with Crippen LogP contribution in [0.4, 0.5) is 5.13 Å². The first-order valence-electron chi connectivity index (χ1n) is 15.1. The first kappa shape index (κ1) is 31.5. The number of hydrogen-bond acceptors (Lipinski definition) is 10. The molecule has 43 heavy (non-hydrogen) atoms. The zero-order valence-corrected chi connectivity index (χ0v) is 26.6. The van der Waals surface area contributed by atoms with Gasteiger partial charge >= 0.3 is 0 Å². The van der Waals surface area contributed by atoms with Crippen molar-refractivity contribution in [2.75, 3.05) is 71.5 Å². The third-order valence-corrected chi connectivity index (χ3v) is 10.1. The number of rotatable bonds is 11. The number of likely N-dealkylation sites (N-methyl/N-ethyl adjacent to an activating group) is 1. The van der Waals surface area contributed by atoms with E-state index in [-0.39, 0.29) is 36.4 Å². The van der Waals surface area contributed by atoms with Gasteiger partial charge in [-0.15, -0.1) is 11.3 Å². The maximum Gasteiger partial charge on any atom is 0.251 e. The monoisotopic (exact) mass is 612 g/mol. The van der Waals surface area contributed by atoms with Crippen LogP contribution in [0.25, 0.3) is 11.3 Å². The van der Waals surface area contributed by atoms with Gasteiger partial charge in [-0.1, -0.05) is 32.9 Å². The Morgan fingerprint density at radius 2 is 1.91 bits per heavy atom. The lowest BCUT2D eigenvalue weighted by Gasteiger charge is -2.36. The fourth-order valence-corrected chi connectivity index (χ4v) is 6.92. The number of amides is 2. The topological polar surface area (TPSA) is 116 Å². The van der Waals surface area contributed by atoms with E-state index in [0.717, 1.165) is 55.7 Å². The summed E-state index contributed by atoms with van der Waals surface area (Å²) in [6.45, 7) is 11.8. The van der Waals surface area contributed by atoms with E-state index in [1.165, 1.54) is 0 Å². The molecule has 4 atom stereocenters. The Labute approximate surface area is 257 Å². The minimum absolute atomic E-state index is 0.00381. The van der Waals surface area contributed by atoms with Crippen LogP contribution in [-0.2, 0) is 19.1 Å². The molecule has 12 heteroatoms. The second kappa shape index (κ2) is 13.4. The fourth-order valence-electron chi connectivity index (χ4n) is 6.03. The van der Waals surface area contributed by atoms with Crippen LogP contribution >= 0.6 is 11.3 Å². The van der Waals surface area contributed by atoms with Gasteiger partial charge in [0.1, 0.15) is 24.8 Å². The first-order valence-corrected chi connectivity index (χ1v) is 16.0. The van der Waals surface area contributed by atoms with Gasteiger partial charge in [0.05, 0.1) is 18.3 Å². The molecule has 1 aromatic heterocycles. The predicted molar refractivity (Wildman–Crippen MR) is 167 cm³/mol. The highest BCUT2D eigenvalue weighted by molar-refractivity contribution is 7.14. The first-order chi connectivity index (χ1) is 20.7. The lowest BCUT2D eigenvalue weighted by atomic mass is 9.80. The average Bonchev–Trinajstić information content (AvgIpc) is 3.76. The summed E-state index contributed by atoms with van der Waals surface area (Å²) >= 11 is 1.63. The Balaban J connectivity index is 1.25. The Morgan fingerprint density at radius 3 is 2.56 bits per heavy atom. The van der Waals surface area contributed by atoms with Crippen LogP contribution in [0.2, 0.25) is 0 Å². The van der Waals surface area contributed by atoms with Crippen molar-refractivity contribution < 1.29 is 23.9 Å². The molecule has 3 aliphatic heterocycles. The highest BCUT2D eigenvalue weighted by Crippen LogP contribution is 2.33. The number of aromatic nitrogens is 1. The molecule has 234 valence electrons. The minimum atomic E-state index is -0.801. The van der Waals surface area contributed by atoms with E-state index in [2.05, 4.69) is 25.8 Å². The highest BCUT2D eigenvalue weighted by Gasteiger charge is 2.54. The van der Waals surface area contributed by atoms with Gasteiger partial charge in [0.25, 0.3) is 5.91 Å². The van der Waals surface area contributed by atoms with Crippen molar-refractivity contribution >= 4 is 34.1 Å². The lowest BCUT2D eigenvalue weighted by molar-refractivity contribution is -0.140. The van der Waals surface area contributed by atoms with Crippen LogP contribution in [0, 0.1) is 5.41 Å². The smallest absolute Gasteiger partial charge is 0.251 e. The molecule has 5 rings (SSSR count). The summed E-state index contributed by atoms with van der Waals surface area (Å²) in [5.41, 5.74) is 1.73. The van der Waals surface area contributed by atoms with Crippen molar-refractivity contribution in [1.82, 2.24) is 25.4 Å². The summed E-state index contributed by atoms with van der Waals surface area (Å²) in [7, 11) is 3.54. The Kier molecular flexibility index (Phi) is 9.82. The number of carbonyl (C=O) groups is 3. The molecule has 3 aliphatic rings. The third kappa shape index (κ3) is 6.63. The summed E-state index contributed by atoms with van der Waals surface area (Å²) in [4.78, 5) is 51.3. The Bertz CT molecular complexity index is 1290. The number of hydrogen-bond donors (Lipinski definition) is 2. The number of anilines is 1. The minimum Gasteiger partial charge on any atom is -0.383 e. The predicted octanol–water partition coefficient (Wildman–Crippen LogP) is 1.88. The normalized spacial score (nSPS) is 23.5. The lowest BCUT2D eigenvalue weighted by Crippen LogP contribution is -2.57. The van der Waals surface area contributed by atoms with Gasteiger partial charge in [-0.05, 0) is 31.0 Å². The zero-order valence-electron chi connectivity index (χ0n) is 25.8. The van der Waals surface area contributed by atoms with Crippen LogP contribution in [0.3, 0.4) is 0 Å². The van der Waals surface area contributed by atoms with E-state index < -0.39 is 17.5 Å². The molecule has 2 N–H and O–H groups in total. The molecule has 0 saturated carbocycles. The number of nitrogens with one attached hydrogen (secondary N) is 2. The highest BCUT2D eigenvalue weighted by atomic mass is 32.1. The molecule has 4 heterocycles. The number of nitrogens with zero attached hydrogens (tertiary/aromatic N) is 4. The second-order valence-electron chi connectivity index (χ2n) is 12.2. The molecular weight excluding hydrogens is 568 g/mol. The number of ketones is 1. The van der Waals surface area contributed by atoms with Crippen molar-refractivity contribution in [1.29, 1.82) is 0 Å². The molecule has 11 nitrogen and oxygen atoms in total. The SMILES string of the molecule is CCC(C)(C)[C@H](NC(=O)c1ccc(-c2csc(N3CCN(CCOC)CC3)n2)cc1)C(=O)N1C[C@H](NC)[C@@H]2OCC(=O)[C@H]21. The number of fused-ring (bicyclic) bond motifs is 1. The number of likely N-dealkylation sites (tertiary alicyclic amines) is 1. The molecule has 0 bridgehead atoms. The van der Waals surface area contributed by atoms with Gasteiger partial charge in [-0.2, -0.15) is 0 Å². The molecule has 0 unspecified atom stereocenters. The maximum atomic E-state index is 14.0. The summed E-state index contributed by atoms with van der Waals surface area (Å²) in [5, 5.41) is 9.24. The van der Waals surface area contributed by atoms with Crippen LogP contribution in [0.1, 0.15) is 37.6 Å². The third-order valence-electron chi connectivity index (χ3n) is 9.24. The van der Waals surface area contributed by atoms with Crippen molar-refractivity contribution in [3.05, 3.63) is 35.2 Å². The van der Waals surface area contributed by atoms with E-state index in [9.17, 15) is 14.4 Å².